The first-order chi connectivity index (χ1) is 12.9. The van der Waals surface area contributed by atoms with E-state index in [1.165, 1.54) is 0 Å². The molecule has 0 unspecified atom stereocenters. The summed E-state index contributed by atoms with van der Waals surface area (Å²) in [6.45, 7) is 7.85. The highest BCUT2D eigenvalue weighted by atomic mass is 32.1. The van der Waals surface area contributed by atoms with E-state index in [4.69, 9.17) is 5.73 Å². The van der Waals surface area contributed by atoms with Crippen molar-refractivity contribution in [3.8, 4) is 0 Å². The predicted octanol–water partition coefficient (Wildman–Crippen LogP) is 2.37. The summed E-state index contributed by atoms with van der Waals surface area (Å²) >= 11 is 1.57. The summed E-state index contributed by atoms with van der Waals surface area (Å²) in [5, 5.41) is 3.68. The van der Waals surface area contributed by atoms with Crippen LogP contribution in [0.5, 0.6) is 0 Å². The molecule has 0 bridgehead atoms. The fraction of sp³-hybridized carbons (Fsp3) is 0.421. The maximum absolute atomic E-state index is 12.9. The standard InChI is InChI=1S/C19H25N5O2S/c1-12(2)16-15(22-19(27-16)24-10-8-23(3)9-11-24)18(26)21-14-7-5-4-6-13(14)17(20)25/h4-7,12H,8-11H2,1-3H3,(H2,20,25)(H,21,26). The molecule has 144 valence electrons. The minimum absolute atomic E-state index is 0.177. The van der Waals surface area contributed by atoms with E-state index in [1.807, 2.05) is 0 Å². The Kier molecular flexibility index (Phi) is 5.76. The van der Waals surface area contributed by atoms with Gasteiger partial charge in [-0.15, -0.1) is 11.3 Å². The van der Waals surface area contributed by atoms with Crippen molar-refractivity contribution >= 4 is 34.0 Å². The maximum Gasteiger partial charge on any atom is 0.275 e. The van der Waals surface area contributed by atoms with E-state index in [0.29, 0.717) is 11.4 Å². The quantitative estimate of drug-likeness (QED) is 0.822. The number of nitrogens with zero attached hydrogens (tertiary/aromatic N) is 3. The number of likely N-dealkylation sites (N-methyl/N-ethyl adjacent to an activating group) is 1. The van der Waals surface area contributed by atoms with Crippen molar-refractivity contribution in [3.05, 3.63) is 40.4 Å². The van der Waals surface area contributed by atoms with Crippen LogP contribution in [0, 0.1) is 0 Å². The van der Waals surface area contributed by atoms with E-state index < -0.39 is 5.91 Å². The second kappa shape index (κ2) is 8.06. The molecular formula is C19H25N5O2S. The fourth-order valence-electron chi connectivity index (χ4n) is 3.00. The zero-order chi connectivity index (χ0) is 19.6. The maximum atomic E-state index is 12.9. The van der Waals surface area contributed by atoms with Crippen LogP contribution in [-0.4, -0.2) is 54.9 Å². The van der Waals surface area contributed by atoms with E-state index in [2.05, 4.69) is 41.0 Å². The van der Waals surface area contributed by atoms with E-state index in [-0.39, 0.29) is 17.4 Å². The Labute approximate surface area is 163 Å². The van der Waals surface area contributed by atoms with Gasteiger partial charge in [0.25, 0.3) is 11.8 Å². The molecule has 3 rings (SSSR count). The number of benzene rings is 1. The summed E-state index contributed by atoms with van der Waals surface area (Å²) in [6.07, 6.45) is 0. The second-order valence-electron chi connectivity index (χ2n) is 7.02. The van der Waals surface area contributed by atoms with Crippen LogP contribution in [0.4, 0.5) is 10.8 Å². The van der Waals surface area contributed by atoms with Gasteiger partial charge in [0.15, 0.2) is 5.13 Å². The lowest BCUT2D eigenvalue weighted by Crippen LogP contribution is -2.44. The van der Waals surface area contributed by atoms with E-state index in [1.54, 1.807) is 35.6 Å². The number of carbonyl (C=O) groups excluding carboxylic acids is 2. The molecule has 0 aliphatic carbocycles. The van der Waals surface area contributed by atoms with Crippen molar-refractivity contribution in [2.24, 2.45) is 5.73 Å². The molecule has 7 nitrogen and oxygen atoms in total. The molecule has 1 fully saturated rings. The Bertz CT molecular complexity index is 840. The molecule has 2 aromatic rings. The molecule has 1 aliphatic rings. The van der Waals surface area contributed by atoms with Gasteiger partial charge in [0.2, 0.25) is 0 Å². The number of rotatable bonds is 5. The van der Waals surface area contributed by atoms with Gasteiger partial charge in [-0.25, -0.2) is 4.98 Å². The fourth-order valence-corrected chi connectivity index (χ4v) is 4.11. The Hall–Kier alpha value is -2.45. The number of para-hydroxylation sites is 1. The number of thiazole rings is 1. The summed E-state index contributed by atoms with van der Waals surface area (Å²) in [7, 11) is 2.10. The van der Waals surface area contributed by atoms with Gasteiger partial charge in [-0.2, -0.15) is 0 Å². The van der Waals surface area contributed by atoms with Crippen molar-refractivity contribution in [2.75, 3.05) is 43.4 Å². The SMILES string of the molecule is CC(C)c1sc(N2CCN(C)CC2)nc1C(=O)Nc1ccccc1C(N)=O. The van der Waals surface area contributed by atoms with Crippen molar-refractivity contribution in [1.29, 1.82) is 0 Å². The monoisotopic (exact) mass is 387 g/mol. The molecule has 27 heavy (non-hydrogen) atoms. The predicted molar refractivity (Wildman–Crippen MR) is 109 cm³/mol. The van der Waals surface area contributed by atoms with Crippen molar-refractivity contribution in [1.82, 2.24) is 9.88 Å². The van der Waals surface area contributed by atoms with Crippen LogP contribution in [-0.2, 0) is 0 Å². The first kappa shape index (κ1) is 19.3. The van der Waals surface area contributed by atoms with Gasteiger partial charge in [-0.3, -0.25) is 9.59 Å². The largest absolute Gasteiger partial charge is 0.366 e. The highest BCUT2D eigenvalue weighted by Gasteiger charge is 2.25. The van der Waals surface area contributed by atoms with Crippen LogP contribution < -0.4 is 16.0 Å². The van der Waals surface area contributed by atoms with Gasteiger partial charge in [-0.1, -0.05) is 26.0 Å². The molecule has 2 amide bonds. The Morgan fingerprint density at radius 2 is 1.85 bits per heavy atom. The molecule has 1 saturated heterocycles. The molecular weight excluding hydrogens is 362 g/mol. The molecule has 0 atom stereocenters. The molecule has 1 aromatic carbocycles. The summed E-state index contributed by atoms with van der Waals surface area (Å²) in [5.41, 5.74) is 6.51. The van der Waals surface area contributed by atoms with Crippen LogP contribution in [0.25, 0.3) is 0 Å². The molecule has 8 heteroatoms. The Morgan fingerprint density at radius 3 is 2.48 bits per heavy atom. The lowest BCUT2D eigenvalue weighted by molar-refractivity contribution is 0.100. The molecule has 2 heterocycles. The number of anilines is 2. The minimum Gasteiger partial charge on any atom is -0.366 e. The van der Waals surface area contributed by atoms with Crippen LogP contribution >= 0.6 is 11.3 Å². The van der Waals surface area contributed by atoms with Gasteiger partial charge < -0.3 is 20.9 Å². The molecule has 0 spiro atoms. The van der Waals surface area contributed by atoms with Crippen molar-refractivity contribution in [3.63, 3.8) is 0 Å². The third kappa shape index (κ3) is 4.28. The van der Waals surface area contributed by atoms with Gasteiger partial charge in [0.1, 0.15) is 5.69 Å². The molecule has 1 aliphatic heterocycles. The summed E-state index contributed by atoms with van der Waals surface area (Å²) in [5.74, 6) is -0.716. The third-order valence-corrected chi connectivity index (χ3v) is 6.01. The number of hydrogen-bond acceptors (Lipinski definition) is 6. The molecule has 1 aromatic heterocycles. The topological polar surface area (TPSA) is 91.6 Å². The Morgan fingerprint density at radius 1 is 1.19 bits per heavy atom. The lowest BCUT2D eigenvalue weighted by atomic mass is 10.1. The summed E-state index contributed by atoms with van der Waals surface area (Å²) < 4.78 is 0. The lowest BCUT2D eigenvalue weighted by Gasteiger charge is -2.32. The van der Waals surface area contributed by atoms with Gasteiger partial charge >= 0.3 is 0 Å². The van der Waals surface area contributed by atoms with Crippen LogP contribution in [0.2, 0.25) is 0 Å². The number of piperazine rings is 1. The number of amides is 2. The highest BCUT2D eigenvalue weighted by molar-refractivity contribution is 7.16. The number of nitrogens with one attached hydrogen (secondary N) is 1. The zero-order valence-corrected chi connectivity index (χ0v) is 16.7. The first-order valence-corrected chi connectivity index (χ1v) is 9.83. The third-order valence-electron chi connectivity index (χ3n) is 4.60. The highest BCUT2D eigenvalue weighted by Crippen LogP contribution is 2.33. The number of hydrogen-bond donors (Lipinski definition) is 2. The van der Waals surface area contributed by atoms with Crippen LogP contribution in [0.3, 0.4) is 0 Å². The minimum atomic E-state index is -0.577. The average molecular weight is 388 g/mol. The van der Waals surface area contributed by atoms with Gasteiger partial charge in [0, 0.05) is 31.1 Å². The number of carbonyl (C=O) groups is 2. The van der Waals surface area contributed by atoms with E-state index in [0.717, 1.165) is 36.2 Å². The molecule has 0 radical (unpaired) electrons. The summed E-state index contributed by atoms with van der Waals surface area (Å²) in [4.78, 5) is 34.6. The van der Waals surface area contributed by atoms with Crippen LogP contribution in [0.1, 0.15) is 45.5 Å². The first-order valence-electron chi connectivity index (χ1n) is 9.01. The number of primary amides is 1. The smallest absolute Gasteiger partial charge is 0.275 e. The molecule has 3 N–H and O–H groups in total. The number of nitrogens with two attached hydrogens (primary N) is 1. The van der Waals surface area contributed by atoms with Crippen LogP contribution in [0.15, 0.2) is 24.3 Å². The van der Waals surface area contributed by atoms with Crippen molar-refractivity contribution in [2.45, 2.75) is 19.8 Å². The zero-order valence-electron chi connectivity index (χ0n) is 15.9. The van der Waals surface area contributed by atoms with E-state index >= 15 is 0 Å². The normalized spacial score (nSPS) is 15.2. The number of aromatic nitrogens is 1. The summed E-state index contributed by atoms with van der Waals surface area (Å²) in [6, 6.07) is 6.73. The van der Waals surface area contributed by atoms with E-state index in [9.17, 15) is 9.59 Å². The van der Waals surface area contributed by atoms with Crippen molar-refractivity contribution < 1.29 is 9.59 Å². The second-order valence-corrected chi connectivity index (χ2v) is 8.03. The average Bonchev–Trinajstić information content (AvgIpc) is 3.08. The van der Waals surface area contributed by atoms with Gasteiger partial charge in [0.05, 0.1) is 11.3 Å². The van der Waals surface area contributed by atoms with Gasteiger partial charge in [-0.05, 0) is 25.1 Å². The Balaban J connectivity index is 1.87. The molecule has 0 saturated carbocycles.